The van der Waals surface area contributed by atoms with Crippen LogP contribution in [0.3, 0.4) is 0 Å². The van der Waals surface area contributed by atoms with Crippen molar-refractivity contribution in [1.29, 1.82) is 0 Å². The van der Waals surface area contributed by atoms with Gasteiger partial charge in [0.05, 0.1) is 0 Å². The number of thiophene rings is 1. The maximum Gasteiger partial charge on any atom is 0.348 e. The molecule has 1 amide bonds. The van der Waals surface area contributed by atoms with Gasteiger partial charge in [-0.3, -0.25) is 4.79 Å². The minimum atomic E-state index is -0.623. The number of esters is 1. The SMILES string of the molecule is C[C@@H](CCc1ccccc1)NC(=O)COC(=O)c1cc2c(F)cccc2s1. The van der Waals surface area contributed by atoms with Crippen LogP contribution in [0.25, 0.3) is 10.1 Å². The van der Waals surface area contributed by atoms with Crippen molar-refractivity contribution in [2.75, 3.05) is 6.61 Å². The first-order chi connectivity index (χ1) is 13.0. The Labute approximate surface area is 161 Å². The van der Waals surface area contributed by atoms with E-state index in [1.165, 1.54) is 17.7 Å². The fourth-order valence-corrected chi connectivity index (χ4v) is 3.71. The maximum atomic E-state index is 13.7. The molecule has 0 saturated heterocycles. The van der Waals surface area contributed by atoms with Gasteiger partial charge >= 0.3 is 5.97 Å². The highest BCUT2D eigenvalue weighted by atomic mass is 32.1. The average molecular weight is 385 g/mol. The molecule has 0 aliphatic carbocycles. The van der Waals surface area contributed by atoms with Gasteiger partial charge in [0.25, 0.3) is 5.91 Å². The van der Waals surface area contributed by atoms with Gasteiger partial charge in [0.15, 0.2) is 6.61 Å². The fraction of sp³-hybridized carbons (Fsp3) is 0.238. The zero-order valence-electron chi connectivity index (χ0n) is 14.9. The first-order valence-corrected chi connectivity index (χ1v) is 9.53. The number of hydrogen-bond acceptors (Lipinski definition) is 4. The third kappa shape index (κ3) is 5.14. The van der Waals surface area contributed by atoms with Gasteiger partial charge in [-0.1, -0.05) is 36.4 Å². The molecule has 1 heterocycles. The van der Waals surface area contributed by atoms with E-state index in [9.17, 15) is 14.0 Å². The van der Waals surface area contributed by atoms with Gasteiger partial charge in [-0.15, -0.1) is 11.3 Å². The van der Waals surface area contributed by atoms with Crippen molar-refractivity contribution in [3.8, 4) is 0 Å². The molecule has 1 aromatic heterocycles. The van der Waals surface area contributed by atoms with E-state index in [1.807, 2.05) is 37.3 Å². The lowest BCUT2D eigenvalue weighted by molar-refractivity contribution is -0.124. The lowest BCUT2D eigenvalue weighted by Gasteiger charge is -2.13. The summed E-state index contributed by atoms with van der Waals surface area (Å²) in [6.07, 6.45) is 1.65. The number of fused-ring (bicyclic) bond motifs is 1. The van der Waals surface area contributed by atoms with Crippen molar-refractivity contribution < 1.29 is 18.7 Å². The van der Waals surface area contributed by atoms with Crippen molar-refractivity contribution in [3.05, 3.63) is 70.9 Å². The zero-order valence-corrected chi connectivity index (χ0v) is 15.7. The topological polar surface area (TPSA) is 55.4 Å². The van der Waals surface area contributed by atoms with Crippen LogP contribution >= 0.6 is 11.3 Å². The molecule has 3 rings (SSSR count). The molecule has 1 N–H and O–H groups in total. The minimum absolute atomic E-state index is 0.0326. The molecule has 0 saturated carbocycles. The quantitative estimate of drug-likeness (QED) is 0.616. The molecule has 0 aliphatic heterocycles. The van der Waals surface area contributed by atoms with Crippen LogP contribution in [-0.4, -0.2) is 24.5 Å². The Kier molecular flexibility index (Phi) is 6.19. The summed E-state index contributed by atoms with van der Waals surface area (Å²) in [6.45, 7) is 1.56. The van der Waals surface area contributed by atoms with Crippen LogP contribution in [0.5, 0.6) is 0 Å². The number of benzene rings is 2. The van der Waals surface area contributed by atoms with E-state index in [2.05, 4.69) is 5.32 Å². The van der Waals surface area contributed by atoms with Gasteiger partial charge in [0.1, 0.15) is 10.7 Å². The molecule has 0 aliphatic rings. The zero-order chi connectivity index (χ0) is 19.2. The Morgan fingerprint density at radius 2 is 1.93 bits per heavy atom. The molecule has 27 heavy (non-hydrogen) atoms. The number of rotatable bonds is 7. The largest absolute Gasteiger partial charge is 0.451 e. The highest BCUT2D eigenvalue weighted by molar-refractivity contribution is 7.20. The predicted molar refractivity (Wildman–Crippen MR) is 104 cm³/mol. The number of amides is 1. The second-order valence-electron chi connectivity index (χ2n) is 6.33. The second-order valence-corrected chi connectivity index (χ2v) is 7.42. The smallest absolute Gasteiger partial charge is 0.348 e. The van der Waals surface area contributed by atoms with E-state index in [-0.39, 0.29) is 29.3 Å². The van der Waals surface area contributed by atoms with E-state index in [0.717, 1.165) is 24.2 Å². The van der Waals surface area contributed by atoms with Gasteiger partial charge in [-0.05, 0) is 43.5 Å². The summed E-state index contributed by atoms with van der Waals surface area (Å²) in [4.78, 5) is 24.4. The number of ether oxygens (including phenoxy) is 1. The minimum Gasteiger partial charge on any atom is -0.451 e. The Morgan fingerprint density at radius 1 is 1.15 bits per heavy atom. The first-order valence-electron chi connectivity index (χ1n) is 8.71. The molecular weight excluding hydrogens is 365 g/mol. The van der Waals surface area contributed by atoms with Crippen molar-refractivity contribution in [3.63, 3.8) is 0 Å². The molecule has 0 bridgehead atoms. The van der Waals surface area contributed by atoms with Crippen LogP contribution in [0, 0.1) is 5.82 Å². The van der Waals surface area contributed by atoms with Crippen molar-refractivity contribution in [1.82, 2.24) is 5.32 Å². The summed E-state index contributed by atoms with van der Waals surface area (Å²) in [5, 5.41) is 3.20. The maximum absolute atomic E-state index is 13.7. The number of carbonyl (C=O) groups excluding carboxylic acids is 2. The Morgan fingerprint density at radius 3 is 2.67 bits per heavy atom. The van der Waals surface area contributed by atoms with Crippen molar-refractivity contribution >= 4 is 33.3 Å². The van der Waals surface area contributed by atoms with Crippen LogP contribution in [0.2, 0.25) is 0 Å². The van der Waals surface area contributed by atoms with Gasteiger partial charge in [-0.2, -0.15) is 0 Å². The van der Waals surface area contributed by atoms with Gasteiger partial charge in [0.2, 0.25) is 0 Å². The summed E-state index contributed by atoms with van der Waals surface area (Å²) in [6, 6.07) is 16.1. The summed E-state index contributed by atoms with van der Waals surface area (Å²) < 4.78 is 19.4. The third-order valence-corrected chi connectivity index (χ3v) is 5.24. The number of hydrogen-bond donors (Lipinski definition) is 1. The molecule has 0 spiro atoms. The van der Waals surface area contributed by atoms with Gasteiger partial charge in [-0.25, -0.2) is 9.18 Å². The van der Waals surface area contributed by atoms with Gasteiger partial charge in [0, 0.05) is 16.1 Å². The van der Waals surface area contributed by atoms with E-state index < -0.39 is 5.97 Å². The van der Waals surface area contributed by atoms with Crippen LogP contribution in [-0.2, 0) is 16.0 Å². The molecule has 140 valence electrons. The molecule has 0 radical (unpaired) electrons. The van der Waals surface area contributed by atoms with Crippen LogP contribution in [0.15, 0.2) is 54.6 Å². The highest BCUT2D eigenvalue weighted by Gasteiger charge is 2.16. The number of halogens is 1. The summed E-state index contributed by atoms with van der Waals surface area (Å²) >= 11 is 1.14. The average Bonchev–Trinajstić information content (AvgIpc) is 3.11. The monoisotopic (exact) mass is 385 g/mol. The molecule has 1 atom stereocenters. The van der Waals surface area contributed by atoms with Crippen LogP contribution in [0.1, 0.15) is 28.6 Å². The first kappa shape index (κ1) is 19.0. The number of aryl methyl sites for hydroxylation is 1. The van der Waals surface area contributed by atoms with Crippen LogP contribution in [0.4, 0.5) is 4.39 Å². The number of nitrogens with one attached hydrogen (secondary N) is 1. The molecule has 6 heteroatoms. The highest BCUT2D eigenvalue weighted by Crippen LogP contribution is 2.28. The van der Waals surface area contributed by atoms with Crippen molar-refractivity contribution in [2.45, 2.75) is 25.8 Å². The van der Waals surface area contributed by atoms with Crippen LogP contribution < -0.4 is 5.32 Å². The molecule has 2 aromatic carbocycles. The van der Waals surface area contributed by atoms with E-state index >= 15 is 0 Å². The molecule has 0 unspecified atom stereocenters. The predicted octanol–water partition coefficient (Wildman–Crippen LogP) is 4.33. The lowest BCUT2D eigenvalue weighted by Crippen LogP contribution is -2.36. The Balaban J connectivity index is 1.46. The third-order valence-electron chi connectivity index (χ3n) is 4.16. The lowest BCUT2D eigenvalue weighted by atomic mass is 10.1. The summed E-state index contributed by atoms with van der Waals surface area (Å²) in [7, 11) is 0. The van der Waals surface area contributed by atoms with E-state index in [0.29, 0.717) is 10.1 Å². The van der Waals surface area contributed by atoms with Crippen molar-refractivity contribution in [2.24, 2.45) is 0 Å². The Bertz CT molecular complexity index is 939. The Hall–Kier alpha value is -2.73. The van der Waals surface area contributed by atoms with Gasteiger partial charge < -0.3 is 10.1 Å². The summed E-state index contributed by atoms with van der Waals surface area (Å²) in [5.74, 6) is -1.35. The van der Waals surface area contributed by atoms with E-state index in [1.54, 1.807) is 12.1 Å². The standard InChI is InChI=1S/C21H20FNO3S/c1-14(10-11-15-6-3-2-4-7-15)23-20(24)13-26-21(25)19-12-16-17(22)8-5-9-18(16)27-19/h2-9,12,14H,10-11,13H2,1H3,(H,23,24)/t14-/m0/s1. The normalized spacial score (nSPS) is 11.9. The van der Waals surface area contributed by atoms with E-state index in [4.69, 9.17) is 4.74 Å². The molecule has 0 fully saturated rings. The number of carbonyl (C=O) groups is 2. The molecular formula is C21H20FNO3S. The summed E-state index contributed by atoms with van der Waals surface area (Å²) in [5.41, 5.74) is 1.21. The molecule has 4 nitrogen and oxygen atoms in total. The second kappa shape index (κ2) is 8.77. The molecule has 3 aromatic rings. The fourth-order valence-electron chi connectivity index (χ4n) is 2.74.